The van der Waals surface area contributed by atoms with Gasteiger partial charge in [-0.1, -0.05) is 0 Å². The third kappa shape index (κ3) is 2.61. The summed E-state index contributed by atoms with van der Waals surface area (Å²) in [6.45, 7) is 1.61. The van der Waals surface area contributed by atoms with E-state index in [4.69, 9.17) is 4.74 Å². The second kappa shape index (κ2) is 5.28. The Morgan fingerprint density at radius 3 is 2.57 bits per heavy atom. The van der Waals surface area contributed by atoms with Crippen LogP contribution in [0.4, 0.5) is 4.39 Å². The van der Waals surface area contributed by atoms with Crippen molar-refractivity contribution in [3.05, 3.63) is 24.0 Å². The highest BCUT2D eigenvalue weighted by Gasteiger charge is 2.49. The third-order valence-corrected chi connectivity index (χ3v) is 5.98. The van der Waals surface area contributed by atoms with Gasteiger partial charge in [0.05, 0.1) is 18.1 Å². The summed E-state index contributed by atoms with van der Waals surface area (Å²) in [4.78, 5) is -0.0922. The van der Waals surface area contributed by atoms with E-state index in [1.165, 1.54) is 20.2 Å². The van der Waals surface area contributed by atoms with Gasteiger partial charge in [-0.15, -0.1) is 0 Å². The molecule has 1 aliphatic rings. The summed E-state index contributed by atoms with van der Waals surface area (Å²) in [5.74, 6) is -0.747. The molecule has 1 aromatic rings. The van der Waals surface area contributed by atoms with Crippen molar-refractivity contribution in [3.8, 4) is 11.8 Å². The molecule has 0 N–H and O–H groups in total. The van der Waals surface area contributed by atoms with Crippen molar-refractivity contribution >= 4 is 10.0 Å². The summed E-state index contributed by atoms with van der Waals surface area (Å²) in [6, 6.07) is 5.45. The number of rotatable bonds is 5. The molecule has 1 unspecified atom stereocenters. The van der Waals surface area contributed by atoms with Crippen LogP contribution in [-0.4, -0.2) is 32.4 Å². The fraction of sp³-hybridized carbons (Fsp3) is 0.500. The Morgan fingerprint density at radius 1 is 1.48 bits per heavy atom. The molecule has 0 heterocycles. The van der Waals surface area contributed by atoms with Crippen LogP contribution in [0.2, 0.25) is 0 Å². The van der Waals surface area contributed by atoms with Gasteiger partial charge in [-0.2, -0.15) is 9.57 Å². The molecule has 1 aromatic carbocycles. The minimum atomic E-state index is -3.90. The Kier molecular flexibility index (Phi) is 3.95. The molecule has 1 fully saturated rings. The summed E-state index contributed by atoms with van der Waals surface area (Å²) in [5, 5.41) is 9.38. The number of nitriles is 1. The van der Waals surface area contributed by atoms with Crippen molar-refractivity contribution in [3.63, 3.8) is 0 Å². The highest BCUT2D eigenvalue weighted by molar-refractivity contribution is 7.89. The van der Waals surface area contributed by atoms with Crippen LogP contribution in [0, 0.1) is 23.1 Å². The molecule has 1 aliphatic carbocycles. The van der Waals surface area contributed by atoms with Crippen LogP contribution in [0.15, 0.2) is 23.1 Å². The number of benzene rings is 1. The zero-order valence-electron chi connectivity index (χ0n) is 12.1. The number of methoxy groups -OCH3 is 1. The summed E-state index contributed by atoms with van der Waals surface area (Å²) >= 11 is 0. The molecule has 0 amide bonds. The lowest BCUT2D eigenvalue weighted by atomic mass is 9.99. The Labute approximate surface area is 124 Å². The van der Waals surface area contributed by atoms with Gasteiger partial charge in [-0.3, -0.25) is 0 Å². The first kappa shape index (κ1) is 15.7. The second-order valence-corrected chi connectivity index (χ2v) is 7.27. The van der Waals surface area contributed by atoms with Gasteiger partial charge < -0.3 is 4.74 Å². The van der Waals surface area contributed by atoms with Crippen LogP contribution in [0.25, 0.3) is 0 Å². The summed E-state index contributed by atoms with van der Waals surface area (Å²) in [5.41, 5.74) is -1.10. The van der Waals surface area contributed by atoms with Gasteiger partial charge in [0.25, 0.3) is 0 Å². The van der Waals surface area contributed by atoms with Crippen LogP contribution >= 0.6 is 0 Å². The molecule has 0 saturated heterocycles. The smallest absolute Gasteiger partial charge is 0.244 e. The predicted octanol–water partition coefficient (Wildman–Crippen LogP) is 2.15. The van der Waals surface area contributed by atoms with Crippen LogP contribution < -0.4 is 4.74 Å². The van der Waals surface area contributed by atoms with Crippen LogP contribution in [-0.2, 0) is 10.0 Å². The maximum Gasteiger partial charge on any atom is 0.244 e. The average molecular weight is 312 g/mol. The van der Waals surface area contributed by atoms with Crippen molar-refractivity contribution in [1.29, 1.82) is 5.26 Å². The van der Waals surface area contributed by atoms with E-state index in [1.54, 1.807) is 6.92 Å². The number of hydrogen-bond donors (Lipinski definition) is 0. The van der Waals surface area contributed by atoms with Gasteiger partial charge in [0.2, 0.25) is 10.0 Å². The van der Waals surface area contributed by atoms with E-state index in [9.17, 15) is 18.1 Å². The van der Waals surface area contributed by atoms with Crippen molar-refractivity contribution in [2.24, 2.45) is 5.92 Å². The third-order valence-electron chi connectivity index (χ3n) is 4.03. The van der Waals surface area contributed by atoms with Gasteiger partial charge in [-0.05, 0) is 37.8 Å². The van der Waals surface area contributed by atoms with Gasteiger partial charge in [0, 0.05) is 13.1 Å². The Bertz CT molecular complexity index is 695. The number of ether oxygens (including phenoxy) is 1. The molecule has 2 rings (SSSR count). The highest BCUT2D eigenvalue weighted by atomic mass is 32.2. The minimum Gasteiger partial charge on any atom is -0.494 e. The maximum absolute atomic E-state index is 13.4. The van der Waals surface area contributed by atoms with E-state index in [2.05, 4.69) is 6.07 Å². The maximum atomic E-state index is 13.4. The molecule has 1 atom stereocenters. The molecular weight excluding hydrogens is 295 g/mol. The van der Waals surface area contributed by atoms with Gasteiger partial charge in [-0.25, -0.2) is 12.8 Å². The van der Waals surface area contributed by atoms with E-state index in [0.29, 0.717) is 0 Å². The van der Waals surface area contributed by atoms with Gasteiger partial charge in [0.1, 0.15) is 5.54 Å². The summed E-state index contributed by atoms with van der Waals surface area (Å²) in [7, 11) is -1.25. The van der Waals surface area contributed by atoms with E-state index in [1.807, 2.05) is 0 Å². The largest absolute Gasteiger partial charge is 0.494 e. The topological polar surface area (TPSA) is 70.4 Å². The predicted molar refractivity (Wildman–Crippen MR) is 74.6 cm³/mol. The zero-order chi connectivity index (χ0) is 15.8. The molecule has 0 spiro atoms. The van der Waals surface area contributed by atoms with E-state index in [0.717, 1.165) is 29.3 Å². The molecule has 0 aromatic heterocycles. The van der Waals surface area contributed by atoms with Crippen molar-refractivity contribution in [2.45, 2.75) is 30.2 Å². The second-order valence-electron chi connectivity index (χ2n) is 5.30. The monoisotopic (exact) mass is 312 g/mol. The summed E-state index contributed by atoms with van der Waals surface area (Å²) in [6.07, 6.45) is 1.66. The molecule has 0 aliphatic heterocycles. The van der Waals surface area contributed by atoms with Crippen LogP contribution in [0.5, 0.6) is 5.75 Å². The van der Waals surface area contributed by atoms with E-state index < -0.39 is 21.4 Å². The number of hydrogen-bond acceptors (Lipinski definition) is 4. The first-order chi connectivity index (χ1) is 9.77. The van der Waals surface area contributed by atoms with Gasteiger partial charge in [0.15, 0.2) is 11.6 Å². The molecule has 1 saturated carbocycles. The SMILES string of the molecule is COc1cc(S(=O)(=O)N(C)C(C)(C#N)C2CC2)ccc1F. The molecule has 5 nitrogen and oxygen atoms in total. The lowest BCUT2D eigenvalue weighted by Gasteiger charge is -2.32. The average Bonchev–Trinajstić information content (AvgIpc) is 3.30. The Morgan fingerprint density at radius 2 is 2.10 bits per heavy atom. The fourth-order valence-electron chi connectivity index (χ4n) is 2.27. The Hall–Kier alpha value is -1.65. The standard InChI is InChI=1S/C14H17FN2O3S/c1-14(9-16,10-4-5-10)17(2)21(18,19)11-6-7-12(15)13(8-11)20-3/h6-8,10H,4-5H2,1-3H3. The molecule has 21 heavy (non-hydrogen) atoms. The van der Waals surface area contributed by atoms with E-state index in [-0.39, 0.29) is 16.6 Å². The molecule has 7 heteroatoms. The zero-order valence-corrected chi connectivity index (χ0v) is 12.9. The van der Waals surface area contributed by atoms with Gasteiger partial charge >= 0.3 is 0 Å². The lowest BCUT2D eigenvalue weighted by Crippen LogP contribution is -2.47. The molecule has 0 radical (unpaired) electrons. The first-order valence-corrected chi connectivity index (χ1v) is 7.95. The van der Waals surface area contributed by atoms with Crippen LogP contribution in [0.3, 0.4) is 0 Å². The molecule has 114 valence electrons. The lowest BCUT2D eigenvalue weighted by molar-refractivity contribution is 0.276. The normalized spacial score (nSPS) is 18.1. The van der Waals surface area contributed by atoms with Crippen molar-refractivity contribution in [1.82, 2.24) is 4.31 Å². The number of sulfonamides is 1. The van der Waals surface area contributed by atoms with Crippen molar-refractivity contribution < 1.29 is 17.5 Å². The first-order valence-electron chi connectivity index (χ1n) is 6.51. The molecular formula is C14H17FN2O3S. The highest BCUT2D eigenvalue weighted by Crippen LogP contribution is 2.44. The van der Waals surface area contributed by atoms with Crippen LogP contribution in [0.1, 0.15) is 19.8 Å². The van der Waals surface area contributed by atoms with E-state index >= 15 is 0 Å². The fourth-order valence-corrected chi connectivity index (χ4v) is 3.77. The number of nitrogens with zero attached hydrogens (tertiary/aromatic N) is 2. The quantitative estimate of drug-likeness (QED) is 0.835. The molecule has 0 bridgehead atoms. The summed E-state index contributed by atoms with van der Waals surface area (Å²) < 4.78 is 44.6. The minimum absolute atomic E-state index is 0.0321. The van der Waals surface area contributed by atoms with Crippen molar-refractivity contribution in [2.75, 3.05) is 14.2 Å². The Balaban J connectivity index is 2.44. The number of halogens is 1.